The van der Waals surface area contributed by atoms with Gasteiger partial charge in [-0.25, -0.2) is 0 Å². The third kappa shape index (κ3) is 0.838. The van der Waals surface area contributed by atoms with Crippen LogP contribution in [0.3, 0.4) is 0 Å². The van der Waals surface area contributed by atoms with Gasteiger partial charge in [-0.2, -0.15) is 0 Å². The number of hydrogen-bond acceptors (Lipinski definition) is 3. The maximum atomic E-state index is 11.3. The van der Waals surface area contributed by atoms with Gasteiger partial charge in [0.15, 0.2) is 0 Å². The Morgan fingerprint density at radius 2 is 2.00 bits per heavy atom. The number of nitrogens with one attached hydrogen (secondary N) is 1. The van der Waals surface area contributed by atoms with Crippen LogP contribution in [-0.4, -0.2) is 11.0 Å². The molecule has 3 nitrogen and oxygen atoms in total. The molecule has 0 amide bonds. The predicted molar refractivity (Wildman–Crippen MR) is 43.7 cm³/mol. The molecule has 0 heterocycles. The molecule has 0 saturated heterocycles. The SMILES string of the molecule is O=C1C(NO)=Cc2ccccc21. The highest BCUT2D eigenvalue weighted by atomic mass is 16.5. The summed E-state index contributed by atoms with van der Waals surface area (Å²) in [5, 5.41) is 8.57. The van der Waals surface area contributed by atoms with Gasteiger partial charge in [0, 0.05) is 5.56 Å². The van der Waals surface area contributed by atoms with Crippen molar-refractivity contribution in [2.75, 3.05) is 0 Å². The van der Waals surface area contributed by atoms with Gasteiger partial charge in [-0.3, -0.25) is 15.5 Å². The lowest BCUT2D eigenvalue weighted by atomic mass is 10.1. The molecule has 1 aliphatic carbocycles. The predicted octanol–water partition coefficient (Wildman–Crippen LogP) is 1.20. The number of rotatable bonds is 1. The van der Waals surface area contributed by atoms with Gasteiger partial charge in [0.2, 0.25) is 5.78 Å². The maximum Gasteiger partial charge on any atom is 0.211 e. The molecule has 2 N–H and O–H groups in total. The fourth-order valence-electron chi connectivity index (χ4n) is 1.28. The Labute approximate surface area is 69.3 Å². The first-order chi connectivity index (χ1) is 5.83. The van der Waals surface area contributed by atoms with Crippen molar-refractivity contribution < 1.29 is 10.0 Å². The van der Waals surface area contributed by atoms with E-state index in [0.717, 1.165) is 5.56 Å². The summed E-state index contributed by atoms with van der Waals surface area (Å²) in [5.74, 6) is -0.159. The second kappa shape index (κ2) is 2.46. The van der Waals surface area contributed by atoms with Crippen LogP contribution in [0.5, 0.6) is 0 Å². The van der Waals surface area contributed by atoms with Gasteiger partial charge < -0.3 is 0 Å². The monoisotopic (exact) mass is 161 g/mol. The van der Waals surface area contributed by atoms with E-state index in [0.29, 0.717) is 5.56 Å². The van der Waals surface area contributed by atoms with Crippen molar-refractivity contribution in [3.05, 3.63) is 41.1 Å². The molecule has 2 rings (SSSR count). The van der Waals surface area contributed by atoms with Gasteiger partial charge in [0.1, 0.15) is 5.70 Å². The summed E-state index contributed by atoms with van der Waals surface area (Å²) < 4.78 is 0. The Balaban J connectivity index is 2.54. The highest BCUT2D eigenvalue weighted by Crippen LogP contribution is 2.22. The number of hydroxylamine groups is 1. The number of hydrogen-bond donors (Lipinski definition) is 2. The van der Waals surface area contributed by atoms with Crippen LogP contribution >= 0.6 is 0 Å². The normalized spacial score (nSPS) is 14.1. The van der Waals surface area contributed by atoms with Crippen LogP contribution < -0.4 is 5.48 Å². The Kier molecular flexibility index (Phi) is 1.45. The summed E-state index contributed by atoms with van der Waals surface area (Å²) in [6, 6.07) is 7.21. The third-order valence-electron chi connectivity index (χ3n) is 1.87. The highest BCUT2D eigenvalue weighted by Gasteiger charge is 2.20. The summed E-state index contributed by atoms with van der Waals surface area (Å²) in [4.78, 5) is 11.3. The number of fused-ring (bicyclic) bond motifs is 1. The molecule has 3 heteroatoms. The molecule has 0 unspecified atom stereocenters. The number of allylic oxidation sites excluding steroid dienone is 1. The van der Waals surface area contributed by atoms with Crippen LogP contribution in [0.2, 0.25) is 0 Å². The first kappa shape index (κ1) is 7.06. The average Bonchev–Trinajstić information content (AvgIpc) is 2.44. The molecule has 0 aliphatic heterocycles. The van der Waals surface area contributed by atoms with Gasteiger partial charge in [-0.15, -0.1) is 0 Å². The van der Waals surface area contributed by atoms with E-state index >= 15 is 0 Å². The standard InChI is InChI=1S/C9H7NO2/c11-9-7-4-2-1-3-6(7)5-8(9)10-12/h1-5,12H,(H,10,11). The van der Waals surface area contributed by atoms with E-state index in [4.69, 9.17) is 5.21 Å². The van der Waals surface area contributed by atoms with Crippen molar-refractivity contribution >= 4 is 11.9 Å². The first-order valence-electron chi connectivity index (χ1n) is 3.58. The quantitative estimate of drug-likeness (QED) is 0.608. The molecule has 1 aromatic rings. The van der Waals surface area contributed by atoms with Gasteiger partial charge >= 0.3 is 0 Å². The van der Waals surface area contributed by atoms with Gasteiger partial charge in [0.25, 0.3) is 0 Å². The smallest absolute Gasteiger partial charge is 0.211 e. The van der Waals surface area contributed by atoms with E-state index < -0.39 is 0 Å². The molecule has 0 bridgehead atoms. The molecular formula is C9H7NO2. The number of Topliss-reactive ketones (excluding diaryl/α,β-unsaturated/α-hetero) is 1. The number of carbonyl (C=O) groups excluding carboxylic acids is 1. The van der Waals surface area contributed by atoms with E-state index in [1.54, 1.807) is 18.2 Å². The zero-order chi connectivity index (χ0) is 8.55. The first-order valence-corrected chi connectivity index (χ1v) is 3.58. The van der Waals surface area contributed by atoms with Crippen LogP contribution in [0.25, 0.3) is 6.08 Å². The van der Waals surface area contributed by atoms with E-state index in [1.807, 2.05) is 17.6 Å². The second-order valence-electron chi connectivity index (χ2n) is 2.59. The zero-order valence-corrected chi connectivity index (χ0v) is 6.24. The maximum absolute atomic E-state index is 11.3. The lowest BCUT2D eigenvalue weighted by molar-refractivity contribution is 0.0983. The molecule has 0 saturated carbocycles. The second-order valence-corrected chi connectivity index (χ2v) is 2.59. The van der Waals surface area contributed by atoms with Gasteiger partial charge in [0.05, 0.1) is 0 Å². The van der Waals surface area contributed by atoms with Crippen molar-refractivity contribution in [3.8, 4) is 0 Å². The van der Waals surface area contributed by atoms with E-state index in [9.17, 15) is 4.79 Å². The molecule has 0 radical (unpaired) electrons. The Morgan fingerprint density at radius 3 is 2.67 bits per heavy atom. The molecule has 60 valence electrons. The van der Waals surface area contributed by atoms with E-state index in [-0.39, 0.29) is 11.5 Å². The van der Waals surface area contributed by atoms with Crippen LogP contribution in [0.1, 0.15) is 15.9 Å². The Morgan fingerprint density at radius 1 is 1.25 bits per heavy atom. The molecular weight excluding hydrogens is 154 g/mol. The fourth-order valence-corrected chi connectivity index (χ4v) is 1.28. The van der Waals surface area contributed by atoms with Crippen molar-refractivity contribution in [2.24, 2.45) is 0 Å². The number of benzene rings is 1. The Hall–Kier alpha value is -1.61. The molecule has 0 fully saturated rings. The van der Waals surface area contributed by atoms with Crippen LogP contribution in [0.4, 0.5) is 0 Å². The molecule has 0 aromatic heterocycles. The van der Waals surface area contributed by atoms with Crippen molar-refractivity contribution in [1.29, 1.82) is 0 Å². The summed E-state index contributed by atoms with van der Waals surface area (Å²) in [7, 11) is 0. The van der Waals surface area contributed by atoms with E-state index in [2.05, 4.69) is 0 Å². The number of ketones is 1. The van der Waals surface area contributed by atoms with Gasteiger partial charge in [-0.05, 0) is 11.6 Å². The number of carbonyl (C=O) groups is 1. The van der Waals surface area contributed by atoms with Crippen LogP contribution in [0.15, 0.2) is 30.0 Å². The van der Waals surface area contributed by atoms with Crippen molar-refractivity contribution in [1.82, 2.24) is 5.48 Å². The molecule has 12 heavy (non-hydrogen) atoms. The minimum absolute atomic E-state index is 0.159. The lowest BCUT2D eigenvalue weighted by Gasteiger charge is -1.95. The summed E-state index contributed by atoms with van der Waals surface area (Å²) in [5.41, 5.74) is 3.58. The Bertz CT molecular complexity index is 369. The van der Waals surface area contributed by atoms with Crippen LogP contribution in [-0.2, 0) is 0 Å². The topological polar surface area (TPSA) is 49.3 Å². The highest BCUT2D eigenvalue weighted by molar-refractivity contribution is 6.17. The molecule has 0 atom stereocenters. The fraction of sp³-hybridized carbons (Fsp3) is 0. The average molecular weight is 161 g/mol. The van der Waals surface area contributed by atoms with Crippen molar-refractivity contribution in [2.45, 2.75) is 0 Å². The third-order valence-corrected chi connectivity index (χ3v) is 1.87. The minimum atomic E-state index is -0.159. The van der Waals surface area contributed by atoms with Crippen molar-refractivity contribution in [3.63, 3.8) is 0 Å². The van der Waals surface area contributed by atoms with Crippen LogP contribution in [0, 0.1) is 0 Å². The molecule has 1 aromatic carbocycles. The summed E-state index contributed by atoms with van der Waals surface area (Å²) >= 11 is 0. The lowest BCUT2D eigenvalue weighted by Crippen LogP contribution is -2.12. The van der Waals surface area contributed by atoms with E-state index in [1.165, 1.54) is 0 Å². The minimum Gasteiger partial charge on any atom is -0.291 e. The summed E-state index contributed by atoms with van der Waals surface area (Å²) in [6.07, 6.45) is 1.62. The zero-order valence-electron chi connectivity index (χ0n) is 6.24. The molecule has 1 aliphatic rings. The largest absolute Gasteiger partial charge is 0.291 e. The summed E-state index contributed by atoms with van der Waals surface area (Å²) in [6.45, 7) is 0. The van der Waals surface area contributed by atoms with Gasteiger partial charge in [-0.1, -0.05) is 24.3 Å². The molecule has 0 spiro atoms.